The second-order valence-electron chi connectivity index (χ2n) is 9.21. The van der Waals surface area contributed by atoms with Gasteiger partial charge in [0, 0.05) is 23.0 Å². The van der Waals surface area contributed by atoms with Gasteiger partial charge in [-0.3, -0.25) is 9.69 Å². The Labute approximate surface area is 204 Å². The number of ether oxygens (including phenoxy) is 2. The van der Waals surface area contributed by atoms with E-state index in [9.17, 15) is 14.7 Å². The van der Waals surface area contributed by atoms with E-state index >= 15 is 0 Å². The van der Waals surface area contributed by atoms with Gasteiger partial charge in [0.2, 0.25) is 12.7 Å². The summed E-state index contributed by atoms with van der Waals surface area (Å²) in [5.41, 5.74) is 3.52. The van der Waals surface area contributed by atoms with Crippen molar-refractivity contribution < 1.29 is 24.2 Å². The smallest absolute Gasteiger partial charge is 0.326 e. The average Bonchev–Trinajstić information content (AvgIpc) is 3.47. The summed E-state index contributed by atoms with van der Waals surface area (Å²) in [5.74, 6) is 0.0542. The Hall–Kier alpha value is -3.52. The van der Waals surface area contributed by atoms with Crippen LogP contribution in [0.3, 0.4) is 0 Å². The molecular weight excluding hydrogens is 446 g/mol. The molecule has 3 heterocycles. The van der Waals surface area contributed by atoms with Crippen LogP contribution >= 0.6 is 0 Å². The van der Waals surface area contributed by atoms with Gasteiger partial charge in [0.15, 0.2) is 11.5 Å². The van der Waals surface area contributed by atoms with E-state index in [1.165, 1.54) is 0 Å². The number of fused-ring (bicyclic) bond motifs is 4. The monoisotopic (exact) mass is 477 g/mol. The van der Waals surface area contributed by atoms with Gasteiger partial charge in [0.1, 0.15) is 6.04 Å². The number of carbonyl (C=O) groups excluding carboxylic acids is 1. The molecule has 5 rings (SSSR count). The van der Waals surface area contributed by atoms with Crippen molar-refractivity contribution in [1.29, 1.82) is 0 Å². The van der Waals surface area contributed by atoms with Crippen LogP contribution in [0.1, 0.15) is 49.6 Å². The fraction of sp³-hybridized carbons (Fsp3) is 0.407. The number of aromatic nitrogens is 1. The zero-order valence-electron chi connectivity index (χ0n) is 20.1. The van der Waals surface area contributed by atoms with Crippen LogP contribution in [-0.4, -0.2) is 64.2 Å². The normalized spacial score (nSPS) is 18.8. The number of nitrogens with one attached hydrogen (secondary N) is 1. The molecule has 0 unspecified atom stereocenters. The van der Waals surface area contributed by atoms with Crippen LogP contribution in [0.25, 0.3) is 10.9 Å². The van der Waals surface area contributed by atoms with Gasteiger partial charge in [-0.25, -0.2) is 4.79 Å². The molecule has 0 saturated heterocycles. The molecule has 35 heavy (non-hydrogen) atoms. The van der Waals surface area contributed by atoms with Gasteiger partial charge in [-0.15, -0.1) is 0 Å². The minimum Gasteiger partial charge on any atom is -0.480 e. The lowest BCUT2D eigenvalue weighted by Crippen LogP contribution is -2.54. The average molecular weight is 478 g/mol. The number of aliphatic carboxylic acids is 1. The van der Waals surface area contributed by atoms with Gasteiger partial charge in [0.05, 0.1) is 12.6 Å². The van der Waals surface area contributed by atoms with E-state index in [0.29, 0.717) is 11.5 Å². The number of carbonyl (C=O) groups is 2. The summed E-state index contributed by atoms with van der Waals surface area (Å²) < 4.78 is 11.1. The summed E-state index contributed by atoms with van der Waals surface area (Å²) in [6.07, 6.45) is 2.10. The van der Waals surface area contributed by atoms with Crippen LogP contribution in [0.4, 0.5) is 0 Å². The first-order valence-electron chi connectivity index (χ1n) is 12.3. The molecule has 2 aliphatic rings. The summed E-state index contributed by atoms with van der Waals surface area (Å²) in [7, 11) is 0. The number of hydrogen-bond acceptors (Lipinski definition) is 5. The minimum atomic E-state index is -1.00. The minimum absolute atomic E-state index is 0.143. The molecule has 8 heteroatoms. The summed E-state index contributed by atoms with van der Waals surface area (Å²) in [5, 5.41) is 11.3. The predicted octanol–water partition coefficient (Wildman–Crippen LogP) is 3.95. The van der Waals surface area contributed by atoms with E-state index in [1.54, 1.807) is 4.90 Å². The lowest BCUT2D eigenvalue weighted by atomic mass is 9.87. The number of benzene rings is 2. The maximum absolute atomic E-state index is 13.9. The van der Waals surface area contributed by atoms with Crippen LogP contribution in [0.5, 0.6) is 11.5 Å². The molecule has 184 valence electrons. The zero-order valence-corrected chi connectivity index (χ0v) is 20.1. The quantitative estimate of drug-likeness (QED) is 0.510. The predicted molar refractivity (Wildman–Crippen MR) is 132 cm³/mol. The molecular formula is C27H31N3O5. The number of para-hydroxylation sites is 1. The maximum Gasteiger partial charge on any atom is 0.326 e. The molecule has 0 aliphatic carbocycles. The standard InChI is InChI=1S/C27H31N3O5/c1-3-11-29(12-4-2)15-24(31)30-21(27(32)33)14-19-18-7-5-6-8-20(18)28-25(19)26(30)17-9-10-22-23(13-17)35-16-34-22/h5-10,13,21,26,28H,3-4,11-12,14-16H2,1-2H3,(H,32,33)/t21-,26+/m0/s1. The Morgan fingerprint density at radius 2 is 1.83 bits per heavy atom. The highest BCUT2D eigenvalue weighted by molar-refractivity contribution is 5.91. The van der Waals surface area contributed by atoms with Crippen molar-refractivity contribution in [2.24, 2.45) is 0 Å². The Bertz CT molecular complexity index is 1250. The molecule has 0 fully saturated rings. The number of rotatable bonds is 8. The molecule has 0 radical (unpaired) electrons. The molecule has 0 spiro atoms. The largest absolute Gasteiger partial charge is 0.480 e. The second kappa shape index (κ2) is 9.62. The Morgan fingerprint density at radius 3 is 2.57 bits per heavy atom. The molecule has 8 nitrogen and oxygen atoms in total. The van der Waals surface area contributed by atoms with Gasteiger partial charge in [0.25, 0.3) is 0 Å². The summed E-state index contributed by atoms with van der Waals surface area (Å²) in [6, 6.07) is 11.9. The van der Waals surface area contributed by atoms with Crippen molar-refractivity contribution in [3.63, 3.8) is 0 Å². The molecule has 2 N–H and O–H groups in total. The highest BCUT2D eigenvalue weighted by atomic mass is 16.7. The molecule has 0 saturated carbocycles. The Morgan fingerprint density at radius 1 is 1.09 bits per heavy atom. The molecule has 1 amide bonds. The van der Waals surface area contributed by atoms with E-state index in [4.69, 9.17) is 9.47 Å². The fourth-order valence-corrected chi connectivity index (χ4v) is 5.39. The maximum atomic E-state index is 13.9. The first-order chi connectivity index (χ1) is 17.0. The van der Waals surface area contributed by atoms with Crippen molar-refractivity contribution in [2.45, 2.75) is 45.2 Å². The number of carboxylic acid groups (broad SMARTS) is 1. The summed E-state index contributed by atoms with van der Waals surface area (Å²) >= 11 is 0. The Balaban J connectivity index is 1.64. The first-order valence-corrected chi connectivity index (χ1v) is 12.3. The summed E-state index contributed by atoms with van der Waals surface area (Å²) in [6.45, 7) is 6.07. The Kier molecular flexibility index (Phi) is 6.38. The molecule has 2 atom stereocenters. The topological polar surface area (TPSA) is 95.1 Å². The first kappa shape index (κ1) is 23.2. The van der Waals surface area contributed by atoms with Crippen molar-refractivity contribution >= 4 is 22.8 Å². The second-order valence-corrected chi connectivity index (χ2v) is 9.21. The third kappa shape index (κ3) is 4.23. The van der Waals surface area contributed by atoms with Crippen LogP contribution < -0.4 is 9.47 Å². The number of aromatic amines is 1. The van der Waals surface area contributed by atoms with E-state index in [-0.39, 0.29) is 25.7 Å². The lowest BCUT2D eigenvalue weighted by Gasteiger charge is -2.41. The van der Waals surface area contributed by atoms with Crippen molar-refractivity contribution in [3.05, 3.63) is 59.3 Å². The van der Waals surface area contributed by atoms with E-state index in [2.05, 4.69) is 23.7 Å². The summed E-state index contributed by atoms with van der Waals surface area (Å²) in [4.78, 5) is 33.6. The van der Waals surface area contributed by atoms with E-state index in [0.717, 1.165) is 53.7 Å². The van der Waals surface area contributed by atoms with Crippen LogP contribution in [-0.2, 0) is 16.0 Å². The highest BCUT2D eigenvalue weighted by Gasteiger charge is 2.44. The van der Waals surface area contributed by atoms with Crippen molar-refractivity contribution in [2.75, 3.05) is 26.4 Å². The van der Waals surface area contributed by atoms with Gasteiger partial charge >= 0.3 is 5.97 Å². The number of H-pyrrole nitrogens is 1. The third-order valence-electron chi connectivity index (χ3n) is 6.86. The fourth-order valence-electron chi connectivity index (χ4n) is 5.39. The van der Waals surface area contributed by atoms with Gasteiger partial charge in [-0.1, -0.05) is 38.1 Å². The van der Waals surface area contributed by atoms with Crippen LogP contribution in [0.2, 0.25) is 0 Å². The van der Waals surface area contributed by atoms with Gasteiger partial charge in [-0.2, -0.15) is 0 Å². The SMILES string of the molecule is CCCN(CCC)CC(=O)N1[C@H](c2ccc3c(c2)OCO3)c2[nH]c3ccccc3c2C[C@H]1C(=O)O. The number of hydrogen-bond donors (Lipinski definition) is 2. The molecule has 2 aliphatic heterocycles. The van der Waals surface area contributed by atoms with Gasteiger partial charge in [-0.05, 0) is 55.3 Å². The van der Waals surface area contributed by atoms with E-state index < -0.39 is 18.1 Å². The van der Waals surface area contributed by atoms with Crippen molar-refractivity contribution in [3.8, 4) is 11.5 Å². The van der Waals surface area contributed by atoms with Gasteiger partial charge < -0.3 is 24.5 Å². The molecule has 3 aromatic rings. The number of amides is 1. The lowest BCUT2D eigenvalue weighted by molar-refractivity contribution is -0.153. The van der Waals surface area contributed by atoms with Crippen LogP contribution in [0, 0.1) is 0 Å². The highest BCUT2D eigenvalue weighted by Crippen LogP contribution is 2.43. The number of nitrogens with zero attached hydrogens (tertiary/aromatic N) is 2. The molecule has 0 bridgehead atoms. The zero-order chi connectivity index (χ0) is 24.5. The van der Waals surface area contributed by atoms with Crippen LogP contribution in [0.15, 0.2) is 42.5 Å². The molecule has 1 aromatic heterocycles. The molecule has 2 aromatic carbocycles. The number of carboxylic acids is 1. The third-order valence-corrected chi connectivity index (χ3v) is 6.86. The van der Waals surface area contributed by atoms with E-state index in [1.807, 2.05) is 42.5 Å². The van der Waals surface area contributed by atoms with Crippen molar-refractivity contribution in [1.82, 2.24) is 14.8 Å².